The molecule has 4 nitrogen and oxygen atoms in total. The summed E-state index contributed by atoms with van der Waals surface area (Å²) in [6, 6.07) is 19.6. The van der Waals surface area contributed by atoms with Crippen molar-refractivity contribution in [2.24, 2.45) is 0 Å². The Kier molecular flexibility index (Phi) is 8.87. The zero-order valence-corrected chi connectivity index (χ0v) is 19.7. The van der Waals surface area contributed by atoms with Gasteiger partial charge in [-0.1, -0.05) is 71.7 Å². The summed E-state index contributed by atoms with van der Waals surface area (Å²) in [7, 11) is 0. The Labute approximate surface area is 203 Å². The summed E-state index contributed by atoms with van der Waals surface area (Å²) in [4.78, 5) is 28.2. The van der Waals surface area contributed by atoms with E-state index >= 15 is 0 Å². The average Bonchev–Trinajstić information content (AvgIpc) is 2.80. The highest BCUT2D eigenvalue weighted by Gasteiger charge is 2.31. The van der Waals surface area contributed by atoms with E-state index in [1.165, 1.54) is 17.0 Å². The van der Waals surface area contributed by atoms with Gasteiger partial charge in [-0.25, -0.2) is 4.39 Å². The Bertz CT molecular complexity index is 1070. The standard InChI is InChI=1S/C26H25Cl2FN2O2/c1-2-30-26(33)24(15-18-7-4-3-5-8-18)31(17-21-22(27)9-6-10-23(21)28)25(32)16-19-11-13-20(29)14-12-19/h3-14,24H,2,15-17H2,1H3,(H,30,33). The predicted molar refractivity (Wildman–Crippen MR) is 130 cm³/mol. The lowest BCUT2D eigenvalue weighted by Gasteiger charge is -2.32. The van der Waals surface area contributed by atoms with Crippen LogP contribution in [0.15, 0.2) is 72.8 Å². The lowest BCUT2D eigenvalue weighted by atomic mass is 10.0. The molecule has 0 bridgehead atoms. The summed E-state index contributed by atoms with van der Waals surface area (Å²) in [5, 5.41) is 3.67. The number of carbonyl (C=O) groups is 2. The highest BCUT2D eigenvalue weighted by molar-refractivity contribution is 6.36. The zero-order chi connectivity index (χ0) is 23.8. The molecule has 0 saturated carbocycles. The second-order valence-corrected chi connectivity index (χ2v) is 8.44. The topological polar surface area (TPSA) is 49.4 Å². The summed E-state index contributed by atoms with van der Waals surface area (Å²) in [5.41, 5.74) is 2.13. The van der Waals surface area contributed by atoms with E-state index in [0.717, 1.165) is 5.56 Å². The number of benzene rings is 3. The largest absolute Gasteiger partial charge is 0.355 e. The van der Waals surface area contributed by atoms with E-state index in [2.05, 4.69) is 5.32 Å². The van der Waals surface area contributed by atoms with E-state index in [0.29, 0.717) is 34.1 Å². The van der Waals surface area contributed by atoms with Crippen LogP contribution in [0.4, 0.5) is 4.39 Å². The minimum absolute atomic E-state index is 0.00699. The van der Waals surface area contributed by atoms with Gasteiger partial charge in [-0.2, -0.15) is 0 Å². The van der Waals surface area contributed by atoms with Crippen LogP contribution in [-0.4, -0.2) is 29.3 Å². The van der Waals surface area contributed by atoms with Crippen LogP contribution >= 0.6 is 23.2 Å². The van der Waals surface area contributed by atoms with Crippen molar-refractivity contribution in [3.05, 3.63) is 105 Å². The highest BCUT2D eigenvalue weighted by Crippen LogP contribution is 2.27. The fraction of sp³-hybridized carbons (Fsp3) is 0.231. The highest BCUT2D eigenvalue weighted by atomic mass is 35.5. The van der Waals surface area contributed by atoms with Crippen molar-refractivity contribution in [1.82, 2.24) is 10.2 Å². The molecule has 3 aromatic rings. The van der Waals surface area contributed by atoms with Gasteiger partial charge in [0.05, 0.1) is 6.42 Å². The maximum Gasteiger partial charge on any atom is 0.243 e. The first-order valence-electron chi connectivity index (χ1n) is 10.7. The molecule has 0 aromatic heterocycles. The fourth-order valence-corrected chi connectivity index (χ4v) is 4.10. The molecule has 2 amide bonds. The van der Waals surface area contributed by atoms with Gasteiger partial charge in [-0.3, -0.25) is 9.59 Å². The second-order valence-electron chi connectivity index (χ2n) is 7.63. The number of nitrogens with one attached hydrogen (secondary N) is 1. The molecule has 1 unspecified atom stereocenters. The summed E-state index contributed by atoms with van der Waals surface area (Å²) >= 11 is 12.8. The number of hydrogen-bond acceptors (Lipinski definition) is 2. The number of halogens is 3. The van der Waals surface area contributed by atoms with Crippen molar-refractivity contribution >= 4 is 35.0 Å². The third kappa shape index (κ3) is 6.80. The molecule has 0 aliphatic carbocycles. The maximum absolute atomic E-state index is 13.5. The Morgan fingerprint density at radius 2 is 1.55 bits per heavy atom. The summed E-state index contributed by atoms with van der Waals surface area (Å²) in [6.07, 6.45) is 0.330. The van der Waals surface area contributed by atoms with E-state index in [-0.39, 0.29) is 30.6 Å². The second kappa shape index (κ2) is 11.8. The Morgan fingerprint density at radius 1 is 0.909 bits per heavy atom. The Morgan fingerprint density at radius 3 is 2.15 bits per heavy atom. The molecule has 0 radical (unpaired) electrons. The molecule has 172 valence electrons. The van der Waals surface area contributed by atoms with E-state index in [9.17, 15) is 14.0 Å². The molecule has 1 N–H and O–H groups in total. The molecule has 0 spiro atoms. The number of carbonyl (C=O) groups excluding carboxylic acids is 2. The van der Waals surface area contributed by atoms with Gasteiger partial charge in [0, 0.05) is 35.1 Å². The van der Waals surface area contributed by atoms with Gasteiger partial charge in [0.15, 0.2) is 0 Å². The van der Waals surface area contributed by atoms with Crippen LogP contribution in [-0.2, 0) is 29.0 Å². The molecule has 3 aromatic carbocycles. The van der Waals surface area contributed by atoms with Crippen LogP contribution in [0, 0.1) is 5.82 Å². The van der Waals surface area contributed by atoms with Gasteiger partial charge in [0.25, 0.3) is 0 Å². The minimum Gasteiger partial charge on any atom is -0.355 e. The fourth-order valence-electron chi connectivity index (χ4n) is 3.58. The van der Waals surface area contributed by atoms with Crippen LogP contribution in [0.3, 0.4) is 0 Å². The first kappa shape index (κ1) is 24.7. The number of amides is 2. The third-order valence-electron chi connectivity index (χ3n) is 5.28. The van der Waals surface area contributed by atoms with Gasteiger partial charge >= 0.3 is 0 Å². The van der Waals surface area contributed by atoms with Crippen molar-refractivity contribution in [3.8, 4) is 0 Å². The van der Waals surface area contributed by atoms with Crippen molar-refractivity contribution in [2.75, 3.05) is 6.54 Å². The number of hydrogen-bond donors (Lipinski definition) is 1. The van der Waals surface area contributed by atoms with E-state index < -0.39 is 6.04 Å². The van der Waals surface area contributed by atoms with Crippen LogP contribution in [0.2, 0.25) is 10.0 Å². The number of nitrogens with zero attached hydrogens (tertiary/aromatic N) is 1. The average molecular weight is 487 g/mol. The van der Waals surface area contributed by atoms with Crippen LogP contribution in [0.25, 0.3) is 0 Å². The van der Waals surface area contributed by atoms with Gasteiger partial charge in [-0.05, 0) is 42.3 Å². The lowest BCUT2D eigenvalue weighted by Crippen LogP contribution is -2.51. The molecular formula is C26H25Cl2FN2O2. The molecule has 7 heteroatoms. The SMILES string of the molecule is CCNC(=O)C(Cc1ccccc1)N(Cc1c(Cl)cccc1Cl)C(=O)Cc1ccc(F)cc1. The van der Waals surface area contributed by atoms with Gasteiger partial charge in [0.2, 0.25) is 11.8 Å². The molecule has 0 aliphatic rings. The molecule has 33 heavy (non-hydrogen) atoms. The Hall–Kier alpha value is -2.89. The van der Waals surface area contributed by atoms with Crippen LogP contribution in [0.5, 0.6) is 0 Å². The molecule has 3 rings (SSSR count). The summed E-state index contributed by atoms with van der Waals surface area (Å²) in [5.74, 6) is -0.933. The molecule has 1 atom stereocenters. The minimum atomic E-state index is -0.785. The first-order chi connectivity index (χ1) is 15.9. The quantitative estimate of drug-likeness (QED) is 0.437. The van der Waals surface area contributed by atoms with Crippen molar-refractivity contribution in [3.63, 3.8) is 0 Å². The molecule has 0 fully saturated rings. The monoisotopic (exact) mass is 486 g/mol. The van der Waals surface area contributed by atoms with Gasteiger partial charge in [-0.15, -0.1) is 0 Å². The number of likely N-dealkylation sites (N-methyl/N-ethyl adjacent to an activating group) is 1. The van der Waals surface area contributed by atoms with Crippen molar-refractivity contribution < 1.29 is 14.0 Å². The summed E-state index contributed by atoms with van der Waals surface area (Å²) < 4.78 is 13.3. The zero-order valence-electron chi connectivity index (χ0n) is 18.2. The first-order valence-corrected chi connectivity index (χ1v) is 11.4. The molecule has 0 heterocycles. The van der Waals surface area contributed by atoms with Crippen LogP contribution in [0.1, 0.15) is 23.6 Å². The van der Waals surface area contributed by atoms with E-state index in [1.54, 1.807) is 30.3 Å². The lowest BCUT2D eigenvalue weighted by molar-refractivity contribution is -0.140. The van der Waals surface area contributed by atoms with Gasteiger partial charge < -0.3 is 10.2 Å². The van der Waals surface area contributed by atoms with Gasteiger partial charge in [0.1, 0.15) is 11.9 Å². The van der Waals surface area contributed by atoms with Crippen molar-refractivity contribution in [1.29, 1.82) is 0 Å². The van der Waals surface area contributed by atoms with E-state index in [1.807, 2.05) is 37.3 Å². The normalized spacial score (nSPS) is 11.6. The smallest absolute Gasteiger partial charge is 0.243 e. The maximum atomic E-state index is 13.5. The molecule has 0 saturated heterocycles. The molecular weight excluding hydrogens is 462 g/mol. The van der Waals surface area contributed by atoms with Crippen molar-refractivity contribution in [2.45, 2.75) is 32.4 Å². The molecule has 0 aliphatic heterocycles. The van der Waals surface area contributed by atoms with E-state index in [4.69, 9.17) is 23.2 Å². The summed E-state index contributed by atoms with van der Waals surface area (Å²) in [6.45, 7) is 2.32. The Balaban J connectivity index is 1.99. The predicted octanol–water partition coefficient (Wildman–Crippen LogP) is 5.45. The third-order valence-corrected chi connectivity index (χ3v) is 5.99. The number of rotatable bonds is 9. The van der Waals surface area contributed by atoms with Crippen LogP contribution < -0.4 is 5.32 Å².